The molecule has 24 heavy (non-hydrogen) atoms. The summed E-state index contributed by atoms with van der Waals surface area (Å²) in [5.41, 5.74) is 0. The molecule has 0 saturated heterocycles. The minimum absolute atomic E-state index is 0.000791. The smallest absolute Gasteiger partial charge is 0.306 e. The van der Waals surface area contributed by atoms with Gasteiger partial charge in [0.1, 0.15) is 0 Å². The van der Waals surface area contributed by atoms with Gasteiger partial charge in [0.15, 0.2) is 0 Å². The largest absolute Gasteiger partial charge is 0.463 e. The second-order valence-corrected chi connectivity index (χ2v) is 7.06. The highest BCUT2D eigenvalue weighted by Crippen LogP contribution is 2.11. The Bertz CT molecular complexity index is 310. The topological polar surface area (TPSA) is 46.5 Å². The Morgan fingerprint density at radius 3 is 2.33 bits per heavy atom. The Hall–Kier alpha value is -0.830. The van der Waals surface area contributed by atoms with Crippen LogP contribution in [0.4, 0.5) is 0 Å². The third-order valence-corrected chi connectivity index (χ3v) is 4.08. The molecule has 142 valence electrons. The van der Waals surface area contributed by atoms with Crippen LogP contribution in [-0.2, 0) is 9.53 Å². The molecule has 0 heterocycles. The van der Waals surface area contributed by atoms with Crippen molar-refractivity contribution in [3.8, 4) is 0 Å². The van der Waals surface area contributed by atoms with Crippen molar-refractivity contribution in [2.75, 3.05) is 0 Å². The van der Waals surface area contributed by atoms with Crippen LogP contribution in [0.1, 0.15) is 104 Å². The quantitative estimate of drug-likeness (QED) is 0.215. The summed E-state index contributed by atoms with van der Waals surface area (Å²) in [6.45, 7) is 5.98. The lowest BCUT2D eigenvalue weighted by molar-refractivity contribution is -0.147. The number of rotatable bonds is 16. The summed E-state index contributed by atoms with van der Waals surface area (Å²) in [4.78, 5) is 11.4. The number of allylic oxidation sites excluding steroid dienone is 1. The van der Waals surface area contributed by atoms with E-state index in [4.69, 9.17) is 4.74 Å². The van der Waals surface area contributed by atoms with Crippen molar-refractivity contribution in [3.05, 3.63) is 12.2 Å². The third kappa shape index (κ3) is 17.5. The zero-order chi connectivity index (χ0) is 18.0. The van der Waals surface area contributed by atoms with Gasteiger partial charge in [-0.3, -0.25) is 4.79 Å². The molecule has 0 aliphatic heterocycles. The van der Waals surface area contributed by atoms with Crippen LogP contribution in [0.3, 0.4) is 0 Å². The molecular weight excluding hydrogens is 300 g/mol. The molecule has 0 unspecified atom stereocenters. The molecule has 1 N–H and O–H groups in total. The fraction of sp³-hybridized carbons (Fsp3) is 0.857. The Kier molecular flexibility index (Phi) is 16.4. The average molecular weight is 341 g/mol. The number of aliphatic hydroxyl groups excluding tert-OH is 1. The number of aliphatic hydroxyl groups is 1. The van der Waals surface area contributed by atoms with Gasteiger partial charge in [-0.15, -0.1) is 0 Å². The maximum atomic E-state index is 11.4. The molecule has 0 saturated carbocycles. The standard InChI is InChI=1S/C21H40O3/c1-4-5-6-13-16-20(22)17-14-11-9-7-8-10-12-15-18-21(23)24-19(2)3/h11,14,19-20,22H,4-10,12-13,15-18H2,1-3H3/b14-11+/t20-/m1/s1. The number of unbranched alkanes of at least 4 members (excludes halogenated alkanes) is 8. The summed E-state index contributed by atoms with van der Waals surface area (Å²) in [5.74, 6) is -0.0683. The van der Waals surface area contributed by atoms with E-state index in [9.17, 15) is 9.90 Å². The number of esters is 1. The van der Waals surface area contributed by atoms with Crippen LogP contribution >= 0.6 is 0 Å². The molecule has 0 spiro atoms. The first-order chi connectivity index (χ1) is 11.6. The molecule has 0 aromatic rings. The van der Waals surface area contributed by atoms with Crippen molar-refractivity contribution in [1.82, 2.24) is 0 Å². The monoisotopic (exact) mass is 340 g/mol. The van der Waals surface area contributed by atoms with Crippen molar-refractivity contribution >= 4 is 5.97 Å². The summed E-state index contributed by atoms with van der Waals surface area (Å²) in [6.07, 6.45) is 18.1. The SMILES string of the molecule is CCCCCC[C@@H](O)C/C=C/CCCCCCCC(=O)OC(C)C. The van der Waals surface area contributed by atoms with Crippen LogP contribution in [0.25, 0.3) is 0 Å². The molecular formula is C21H40O3. The molecule has 0 radical (unpaired) electrons. The maximum absolute atomic E-state index is 11.4. The van der Waals surface area contributed by atoms with Gasteiger partial charge in [0.05, 0.1) is 12.2 Å². The zero-order valence-electron chi connectivity index (χ0n) is 16.3. The van der Waals surface area contributed by atoms with E-state index < -0.39 is 0 Å². The first-order valence-electron chi connectivity index (χ1n) is 10.1. The minimum Gasteiger partial charge on any atom is -0.463 e. The Balaban J connectivity index is 3.33. The lowest BCUT2D eigenvalue weighted by Gasteiger charge is -2.07. The van der Waals surface area contributed by atoms with Gasteiger partial charge >= 0.3 is 5.97 Å². The fourth-order valence-electron chi connectivity index (χ4n) is 2.68. The van der Waals surface area contributed by atoms with Crippen molar-refractivity contribution in [2.45, 2.75) is 116 Å². The predicted molar refractivity (Wildman–Crippen MR) is 102 cm³/mol. The van der Waals surface area contributed by atoms with Gasteiger partial charge in [0, 0.05) is 6.42 Å². The highest BCUT2D eigenvalue weighted by molar-refractivity contribution is 5.69. The van der Waals surface area contributed by atoms with E-state index in [0.29, 0.717) is 6.42 Å². The van der Waals surface area contributed by atoms with Gasteiger partial charge in [-0.2, -0.15) is 0 Å². The van der Waals surface area contributed by atoms with Crippen LogP contribution in [0.5, 0.6) is 0 Å². The van der Waals surface area contributed by atoms with E-state index in [2.05, 4.69) is 19.1 Å². The van der Waals surface area contributed by atoms with E-state index in [0.717, 1.165) is 38.5 Å². The van der Waals surface area contributed by atoms with Crippen LogP contribution in [0, 0.1) is 0 Å². The number of carbonyl (C=O) groups is 1. The molecule has 3 nitrogen and oxygen atoms in total. The van der Waals surface area contributed by atoms with E-state index in [1.54, 1.807) is 0 Å². The van der Waals surface area contributed by atoms with Crippen LogP contribution < -0.4 is 0 Å². The highest BCUT2D eigenvalue weighted by atomic mass is 16.5. The molecule has 0 aromatic carbocycles. The van der Waals surface area contributed by atoms with Gasteiger partial charge in [0.25, 0.3) is 0 Å². The fourth-order valence-corrected chi connectivity index (χ4v) is 2.68. The summed E-state index contributed by atoms with van der Waals surface area (Å²) < 4.78 is 5.11. The van der Waals surface area contributed by atoms with Crippen LogP contribution in [-0.4, -0.2) is 23.3 Å². The number of carbonyl (C=O) groups excluding carboxylic acids is 1. The van der Waals surface area contributed by atoms with Crippen molar-refractivity contribution in [1.29, 1.82) is 0 Å². The summed E-state index contributed by atoms with van der Waals surface area (Å²) in [5, 5.41) is 9.86. The van der Waals surface area contributed by atoms with Crippen molar-refractivity contribution in [2.24, 2.45) is 0 Å². The van der Waals surface area contributed by atoms with Gasteiger partial charge < -0.3 is 9.84 Å². The predicted octanol–water partition coefficient (Wildman–Crippen LogP) is 5.95. The Morgan fingerprint density at radius 1 is 0.958 bits per heavy atom. The molecule has 3 heteroatoms. The van der Waals surface area contributed by atoms with E-state index >= 15 is 0 Å². The molecule has 0 bridgehead atoms. The summed E-state index contributed by atoms with van der Waals surface area (Å²) in [7, 11) is 0. The van der Waals surface area contributed by atoms with Crippen LogP contribution in [0.2, 0.25) is 0 Å². The molecule has 0 aliphatic rings. The second kappa shape index (κ2) is 17.0. The molecule has 0 aromatic heterocycles. The molecule has 0 aliphatic carbocycles. The normalized spacial score (nSPS) is 12.9. The number of hydrogen-bond donors (Lipinski definition) is 1. The van der Waals surface area contributed by atoms with E-state index in [-0.39, 0.29) is 18.2 Å². The van der Waals surface area contributed by atoms with E-state index in [1.807, 2.05) is 13.8 Å². The average Bonchev–Trinajstić information content (AvgIpc) is 2.52. The lowest BCUT2D eigenvalue weighted by atomic mass is 10.1. The number of hydrogen-bond acceptors (Lipinski definition) is 3. The lowest BCUT2D eigenvalue weighted by Crippen LogP contribution is -2.10. The second-order valence-electron chi connectivity index (χ2n) is 7.06. The summed E-state index contributed by atoms with van der Waals surface area (Å²) in [6, 6.07) is 0. The summed E-state index contributed by atoms with van der Waals surface area (Å²) >= 11 is 0. The molecule has 0 rings (SSSR count). The van der Waals surface area contributed by atoms with Crippen LogP contribution in [0.15, 0.2) is 12.2 Å². The first kappa shape index (κ1) is 23.2. The third-order valence-electron chi connectivity index (χ3n) is 4.08. The maximum Gasteiger partial charge on any atom is 0.306 e. The van der Waals surface area contributed by atoms with Crippen molar-refractivity contribution in [3.63, 3.8) is 0 Å². The van der Waals surface area contributed by atoms with Gasteiger partial charge in [-0.25, -0.2) is 0 Å². The molecule has 1 atom stereocenters. The van der Waals surface area contributed by atoms with Crippen molar-refractivity contribution < 1.29 is 14.6 Å². The van der Waals surface area contributed by atoms with E-state index in [1.165, 1.54) is 38.5 Å². The minimum atomic E-state index is -0.163. The first-order valence-corrected chi connectivity index (χ1v) is 10.1. The van der Waals surface area contributed by atoms with Gasteiger partial charge in [0.2, 0.25) is 0 Å². The Labute approximate surface area is 149 Å². The van der Waals surface area contributed by atoms with Gasteiger partial charge in [-0.1, -0.05) is 64.0 Å². The molecule has 0 fully saturated rings. The zero-order valence-corrected chi connectivity index (χ0v) is 16.3. The highest BCUT2D eigenvalue weighted by Gasteiger charge is 2.04. The molecule has 0 amide bonds. The Morgan fingerprint density at radius 2 is 1.62 bits per heavy atom. The van der Waals surface area contributed by atoms with Gasteiger partial charge in [-0.05, 0) is 46.0 Å². The number of ether oxygens (including phenoxy) is 1.